The van der Waals surface area contributed by atoms with E-state index >= 15 is 0 Å². The van der Waals surface area contributed by atoms with E-state index in [-0.39, 0.29) is 11.9 Å². The van der Waals surface area contributed by atoms with E-state index in [9.17, 15) is 9.59 Å². The zero-order valence-electron chi connectivity index (χ0n) is 11.7. The first-order valence-electron chi connectivity index (χ1n) is 6.90. The molecule has 1 saturated heterocycles. The number of nitrogens with zero attached hydrogens (tertiary/aromatic N) is 1. The maximum atomic E-state index is 12.6. The molecular formula is C14H19ClN2O2S. The van der Waals surface area contributed by atoms with Crippen molar-refractivity contribution in [2.24, 2.45) is 0 Å². The number of amides is 3. The minimum atomic E-state index is -0.707. The zero-order valence-corrected chi connectivity index (χ0v) is 13.3. The van der Waals surface area contributed by atoms with Gasteiger partial charge in [0.25, 0.3) is 5.91 Å². The molecule has 110 valence electrons. The van der Waals surface area contributed by atoms with Crippen molar-refractivity contribution in [1.82, 2.24) is 10.2 Å². The van der Waals surface area contributed by atoms with Crippen LogP contribution in [0.1, 0.15) is 44.4 Å². The molecule has 3 amide bonds. The lowest BCUT2D eigenvalue weighted by Crippen LogP contribution is -2.46. The number of hydrogen-bond donors (Lipinski definition) is 1. The summed E-state index contributed by atoms with van der Waals surface area (Å²) in [5, 5.41) is 2.91. The topological polar surface area (TPSA) is 49.4 Å². The van der Waals surface area contributed by atoms with Crippen LogP contribution in [0.15, 0.2) is 12.1 Å². The molecule has 0 saturated carbocycles. The molecule has 20 heavy (non-hydrogen) atoms. The molecule has 0 aliphatic carbocycles. The van der Waals surface area contributed by atoms with Gasteiger partial charge < -0.3 is 5.32 Å². The molecule has 0 atom stereocenters. The number of urea groups is 1. The number of hydrogen-bond acceptors (Lipinski definition) is 3. The van der Waals surface area contributed by atoms with E-state index in [0.717, 1.165) is 17.7 Å². The fraction of sp³-hybridized carbons (Fsp3) is 0.571. The molecular weight excluding hydrogens is 296 g/mol. The number of carbonyl (C=O) groups excluding carboxylic acids is 2. The van der Waals surface area contributed by atoms with Crippen molar-refractivity contribution in [1.29, 1.82) is 0 Å². The number of rotatable bonds is 6. The van der Waals surface area contributed by atoms with Gasteiger partial charge in [0, 0.05) is 4.88 Å². The van der Waals surface area contributed by atoms with Crippen molar-refractivity contribution in [3.05, 3.63) is 21.3 Å². The molecule has 2 heterocycles. The average molecular weight is 315 g/mol. The van der Waals surface area contributed by atoms with Gasteiger partial charge in [-0.25, -0.2) is 4.79 Å². The SMILES string of the molecule is CCCC1(CCC)NC(=O)N(Cc2ccc(Cl)s2)C1=O. The van der Waals surface area contributed by atoms with Crippen LogP contribution >= 0.6 is 22.9 Å². The molecule has 1 fully saturated rings. The summed E-state index contributed by atoms with van der Waals surface area (Å²) in [7, 11) is 0. The Labute approximate surface area is 128 Å². The third-order valence-electron chi connectivity index (χ3n) is 3.54. The largest absolute Gasteiger partial charge is 0.325 e. The van der Waals surface area contributed by atoms with Gasteiger partial charge in [-0.3, -0.25) is 9.69 Å². The number of thiophene rings is 1. The van der Waals surface area contributed by atoms with E-state index < -0.39 is 5.54 Å². The Morgan fingerprint density at radius 1 is 1.25 bits per heavy atom. The highest BCUT2D eigenvalue weighted by Crippen LogP contribution is 2.30. The first-order chi connectivity index (χ1) is 9.52. The monoisotopic (exact) mass is 314 g/mol. The lowest BCUT2D eigenvalue weighted by molar-refractivity contribution is -0.132. The number of imide groups is 1. The van der Waals surface area contributed by atoms with Gasteiger partial charge in [0.15, 0.2) is 0 Å². The molecule has 1 aliphatic rings. The van der Waals surface area contributed by atoms with Gasteiger partial charge in [0.1, 0.15) is 5.54 Å². The van der Waals surface area contributed by atoms with Crippen LogP contribution < -0.4 is 5.32 Å². The lowest BCUT2D eigenvalue weighted by atomic mass is 9.88. The summed E-state index contributed by atoms with van der Waals surface area (Å²) >= 11 is 7.29. The molecule has 0 spiro atoms. The molecule has 1 aromatic heterocycles. The molecule has 6 heteroatoms. The van der Waals surface area contributed by atoms with Crippen LogP contribution in [0.5, 0.6) is 0 Å². The predicted octanol–water partition coefficient (Wildman–Crippen LogP) is 3.79. The fourth-order valence-corrected chi connectivity index (χ4v) is 3.81. The summed E-state index contributed by atoms with van der Waals surface area (Å²) in [6.45, 7) is 4.36. The van der Waals surface area contributed by atoms with E-state index in [1.807, 2.05) is 19.9 Å². The molecule has 4 nitrogen and oxygen atoms in total. The van der Waals surface area contributed by atoms with Crippen LogP contribution in [0.25, 0.3) is 0 Å². The second-order valence-corrected chi connectivity index (χ2v) is 6.91. The van der Waals surface area contributed by atoms with Crippen LogP contribution in [0.4, 0.5) is 4.79 Å². The van der Waals surface area contributed by atoms with E-state index in [4.69, 9.17) is 11.6 Å². The lowest BCUT2D eigenvalue weighted by Gasteiger charge is -2.25. The number of carbonyl (C=O) groups is 2. The normalized spacial score (nSPS) is 17.6. The van der Waals surface area contributed by atoms with Crippen molar-refractivity contribution >= 4 is 34.9 Å². The Kier molecular flexibility index (Phi) is 4.70. The molecule has 0 radical (unpaired) electrons. The summed E-state index contributed by atoms with van der Waals surface area (Å²) in [4.78, 5) is 27.0. The Balaban J connectivity index is 2.18. The summed E-state index contributed by atoms with van der Waals surface area (Å²) in [6, 6.07) is 3.35. The van der Waals surface area contributed by atoms with E-state index in [0.29, 0.717) is 23.7 Å². The summed E-state index contributed by atoms with van der Waals surface area (Å²) in [5.74, 6) is -0.101. The highest BCUT2D eigenvalue weighted by molar-refractivity contribution is 7.16. The van der Waals surface area contributed by atoms with Crippen LogP contribution in [0.3, 0.4) is 0 Å². The van der Waals surface area contributed by atoms with E-state index in [1.54, 1.807) is 6.07 Å². The van der Waals surface area contributed by atoms with Crippen molar-refractivity contribution in [2.45, 2.75) is 51.6 Å². The molecule has 0 bridgehead atoms. The van der Waals surface area contributed by atoms with E-state index in [2.05, 4.69) is 5.32 Å². The molecule has 1 aliphatic heterocycles. The molecule has 1 N–H and O–H groups in total. The van der Waals surface area contributed by atoms with Gasteiger partial charge in [-0.1, -0.05) is 38.3 Å². The van der Waals surface area contributed by atoms with Gasteiger partial charge in [-0.15, -0.1) is 11.3 Å². The quantitative estimate of drug-likeness (QED) is 0.812. The average Bonchev–Trinajstić information content (AvgIpc) is 2.89. The second-order valence-electron chi connectivity index (χ2n) is 5.11. The Morgan fingerprint density at radius 2 is 1.90 bits per heavy atom. The Hall–Kier alpha value is -1.07. The first kappa shape index (κ1) is 15.3. The Morgan fingerprint density at radius 3 is 2.40 bits per heavy atom. The smallest absolute Gasteiger partial charge is 0.323 e. The maximum Gasteiger partial charge on any atom is 0.325 e. The van der Waals surface area contributed by atoms with Crippen molar-refractivity contribution in [3.63, 3.8) is 0 Å². The van der Waals surface area contributed by atoms with Crippen LogP contribution in [0.2, 0.25) is 4.34 Å². The third-order valence-corrected chi connectivity index (χ3v) is 4.76. The van der Waals surface area contributed by atoms with Crippen LogP contribution in [0, 0.1) is 0 Å². The van der Waals surface area contributed by atoms with Crippen molar-refractivity contribution in [2.75, 3.05) is 0 Å². The number of nitrogens with one attached hydrogen (secondary N) is 1. The summed E-state index contributed by atoms with van der Waals surface area (Å²) < 4.78 is 0.667. The van der Waals surface area contributed by atoms with Crippen LogP contribution in [-0.4, -0.2) is 22.4 Å². The van der Waals surface area contributed by atoms with Crippen molar-refractivity contribution in [3.8, 4) is 0 Å². The van der Waals surface area contributed by atoms with Crippen molar-refractivity contribution < 1.29 is 9.59 Å². The highest BCUT2D eigenvalue weighted by atomic mass is 35.5. The summed E-state index contributed by atoms with van der Waals surface area (Å²) in [5.41, 5.74) is -0.707. The van der Waals surface area contributed by atoms with Gasteiger partial charge >= 0.3 is 6.03 Å². The third kappa shape index (κ3) is 2.83. The van der Waals surface area contributed by atoms with Gasteiger partial charge in [-0.05, 0) is 25.0 Å². The zero-order chi connectivity index (χ0) is 14.8. The minimum Gasteiger partial charge on any atom is -0.323 e. The Bertz CT molecular complexity index is 509. The molecule has 2 rings (SSSR count). The van der Waals surface area contributed by atoms with E-state index in [1.165, 1.54) is 16.2 Å². The van der Waals surface area contributed by atoms with Crippen LogP contribution in [-0.2, 0) is 11.3 Å². The highest BCUT2D eigenvalue weighted by Gasteiger charge is 2.49. The molecule has 0 aromatic carbocycles. The predicted molar refractivity (Wildman–Crippen MR) is 81.0 cm³/mol. The molecule has 1 aromatic rings. The molecule has 0 unspecified atom stereocenters. The second kappa shape index (κ2) is 6.14. The first-order valence-corrected chi connectivity index (χ1v) is 8.10. The summed E-state index contributed by atoms with van der Waals surface area (Å²) in [6.07, 6.45) is 3.11. The maximum absolute atomic E-state index is 12.6. The van der Waals surface area contributed by atoms with Gasteiger partial charge in [0.05, 0.1) is 10.9 Å². The minimum absolute atomic E-state index is 0.101. The standard InChI is InChI=1S/C14H19ClN2O2S/c1-3-7-14(8-4-2)12(18)17(13(19)16-14)9-10-5-6-11(15)20-10/h5-6H,3-4,7-9H2,1-2H3,(H,16,19). The van der Waals surface area contributed by atoms with Gasteiger partial charge in [-0.2, -0.15) is 0 Å². The number of halogens is 1. The van der Waals surface area contributed by atoms with Gasteiger partial charge in [0.2, 0.25) is 0 Å². The fourth-order valence-electron chi connectivity index (χ4n) is 2.73.